The molecule has 0 aromatic heterocycles. The number of carbonyl (C=O) groups excluding carboxylic acids is 3. The summed E-state index contributed by atoms with van der Waals surface area (Å²) in [5.74, 6) is -8.23. The number of carboxylic acid groups (broad SMARTS) is 4. The van der Waals surface area contributed by atoms with Crippen LogP contribution < -0.4 is 0 Å². The summed E-state index contributed by atoms with van der Waals surface area (Å²) in [6, 6.07) is 0. The molecule has 0 rings (SSSR count). The highest BCUT2D eigenvalue weighted by Gasteiger charge is 2.48. The number of rotatable bonds is 22. The van der Waals surface area contributed by atoms with Gasteiger partial charge in [-0.25, -0.2) is 28.8 Å². The largest absolute Gasteiger partial charge is 0.477 e. The summed E-state index contributed by atoms with van der Waals surface area (Å²) in [6.45, 7) is 0.303. The van der Waals surface area contributed by atoms with Crippen molar-refractivity contribution in [3.8, 4) is 0 Å². The fraction of sp³-hybridized carbons (Fsp3) is 0.708. The van der Waals surface area contributed by atoms with Gasteiger partial charge in [0.15, 0.2) is 0 Å². The molecule has 0 radical (unpaired) electrons. The molecule has 17 heteroatoms. The van der Waals surface area contributed by atoms with Crippen LogP contribution in [0.25, 0.3) is 0 Å². The van der Waals surface area contributed by atoms with E-state index in [1.807, 2.05) is 0 Å². The standard InChI is InChI=1S/C24H40N4O13/c1-5-7-24(39)41-13-11-26(28(19(4)30,16-22(35)36)17-23(37)38)9-8-25(10-12-40-6-2)27(18(3)29,14-20(31)32)15-21(33)34/h5-17H2,1-4H3,(H2-2,31,32,33,34,35,36,37,38)/p+2. The SMILES string of the molecule is CCCC(=O)OCCN(CCN(CCOCC)[N+](CC(=O)O)(CC(=O)O)C(C)=O)[N+](CC(=O)O)(CC(=O)O)C(C)=O. The van der Waals surface area contributed by atoms with Crippen LogP contribution in [0, 0.1) is 0 Å². The highest BCUT2D eigenvalue weighted by molar-refractivity contribution is 5.77. The summed E-state index contributed by atoms with van der Waals surface area (Å²) in [5.41, 5.74) is 0. The van der Waals surface area contributed by atoms with Crippen molar-refractivity contribution in [1.82, 2.24) is 10.0 Å². The average molecular weight is 595 g/mol. The van der Waals surface area contributed by atoms with E-state index >= 15 is 0 Å². The first kappa shape index (κ1) is 37.5. The third-order valence-electron chi connectivity index (χ3n) is 6.22. The van der Waals surface area contributed by atoms with Crippen LogP contribution in [-0.2, 0) is 43.0 Å². The van der Waals surface area contributed by atoms with Gasteiger partial charge < -0.3 is 29.9 Å². The summed E-state index contributed by atoms with van der Waals surface area (Å²) in [7, 11) is 0. The Balaban J connectivity index is 6.76. The average Bonchev–Trinajstić information content (AvgIpc) is 2.82. The molecule has 0 aromatic carbocycles. The fourth-order valence-electron chi connectivity index (χ4n) is 4.33. The van der Waals surface area contributed by atoms with E-state index in [-0.39, 0.29) is 52.4 Å². The molecule has 0 fully saturated rings. The Morgan fingerprint density at radius 2 is 0.976 bits per heavy atom. The molecule has 0 aliphatic carbocycles. The Labute approximate surface area is 237 Å². The van der Waals surface area contributed by atoms with Gasteiger partial charge in [0.05, 0.1) is 46.6 Å². The van der Waals surface area contributed by atoms with Crippen LogP contribution in [0.15, 0.2) is 0 Å². The van der Waals surface area contributed by atoms with Gasteiger partial charge in [-0.1, -0.05) is 6.92 Å². The van der Waals surface area contributed by atoms with Gasteiger partial charge in [0.1, 0.15) is 6.61 Å². The van der Waals surface area contributed by atoms with E-state index in [0.29, 0.717) is 6.42 Å². The number of ether oxygens (including phenoxy) is 2. The van der Waals surface area contributed by atoms with E-state index in [9.17, 15) is 54.0 Å². The quantitative estimate of drug-likeness (QED) is 0.0503. The monoisotopic (exact) mass is 594 g/mol. The number of hydrogen-bond acceptors (Lipinski definition) is 11. The van der Waals surface area contributed by atoms with Gasteiger partial charge in [0.25, 0.3) is 0 Å². The molecule has 0 saturated heterocycles. The second kappa shape index (κ2) is 18.0. The molecule has 0 atom stereocenters. The van der Waals surface area contributed by atoms with Crippen molar-refractivity contribution in [3.63, 3.8) is 0 Å². The molecule has 234 valence electrons. The number of aliphatic carboxylic acids is 4. The van der Waals surface area contributed by atoms with Crippen LogP contribution in [0.2, 0.25) is 0 Å². The zero-order valence-corrected chi connectivity index (χ0v) is 23.9. The smallest absolute Gasteiger partial charge is 0.361 e. The van der Waals surface area contributed by atoms with Crippen molar-refractivity contribution in [3.05, 3.63) is 0 Å². The van der Waals surface area contributed by atoms with Crippen LogP contribution in [0.5, 0.6) is 0 Å². The molecule has 0 aliphatic rings. The van der Waals surface area contributed by atoms with E-state index in [4.69, 9.17) is 9.47 Å². The number of hydrogen-bond donors (Lipinski definition) is 4. The second-order valence-electron chi connectivity index (χ2n) is 9.17. The van der Waals surface area contributed by atoms with Gasteiger partial charge in [-0.2, -0.15) is 9.18 Å². The molecule has 2 amide bonds. The lowest BCUT2D eigenvalue weighted by molar-refractivity contribution is -0.967. The zero-order chi connectivity index (χ0) is 31.8. The Morgan fingerprint density at radius 3 is 1.27 bits per heavy atom. The molecule has 0 heterocycles. The van der Waals surface area contributed by atoms with E-state index in [1.54, 1.807) is 13.8 Å². The van der Waals surface area contributed by atoms with Crippen molar-refractivity contribution < 1.29 is 72.6 Å². The zero-order valence-electron chi connectivity index (χ0n) is 23.9. The molecule has 17 nitrogen and oxygen atoms in total. The normalized spacial score (nSPS) is 11.9. The third kappa shape index (κ3) is 12.3. The lowest BCUT2D eigenvalue weighted by Crippen LogP contribution is -2.71. The van der Waals surface area contributed by atoms with Crippen molar-refractivity contribution in [1.29, 1.82) is 0 Å². The molecule has 41 heavy (non-hydrogen) atoms. The second-order valence-corrected chi connectivity index (χ2v) is 9.17. The maximum atomic E-state index is 12.9. The Morgan fingerprint density at radius 1 is 0.610 bits per heavy atom. The van der Waals surface area contributed by atoms with Crippen LogP contribution in [-0.4, -0.2) is 153 Å². The lowest BCUT2D eigenvalue weighted by atomic mass is 10.3. The summed E-state index contributed by atoms with van der Waals surface area (Å²) in [5, 5.41) is 40.7. The molecular weight excluding hydrogens is 552 g/mol. The maximum absolute atomic E-state index is 12.9. The number of nitrogens with zero attached hydrogens (tertiary/aromatic N) is 4. The topological polar surface area (TPSA) is 225 Å². The van der Waals surface area contributed by atoms with Crippen LogP contribution in [0.1, 0.15) is 40.5 Å². The number of esters is 1. The van der Waals surface area contributed by atoms with Gasteiger partial charge >= 0.3 is 41.7 Å². The first-order chi connectivity index (χ1) is 19.1. The van der Waals surface area contributed by atoms with Gasteiger partial charge in [-0.15, -0.1) is 10.0 Å². The molecule has 0 aliphatic heterocycles. The van der Waals surface area contributed by atoms with E-state index in [0.717, 1.165) is 18.9 Å². The summed E-state index contributed by atoms with van der Waals surface area (Å²) in [4.78, 5) is 84.8. The minimum atomic E-state index is -1.51. The predicted octanol–water partition coefficient (Wildman–Crippen LogP) is -1.13. The van der Waals surface area contributed by atoms with Crippen LogP contribution >= 0.6 is 0 Å². The number of quaternary nitrogens is 2. The molecule has 4 N–H and O–H groups in total. The van der Waals surface area contributed by atoms with Crippen molar-refractivity contribution in [2.75, 3.05) is 72.2 Å². The minimum absolute atomic E-state index is 0.0470. The van der Waals surface area contributed by atoms with E-state index in [1.165, 1.54) is 5.01 Å². The highest BCUT2D eigenvalue weighted by Crippen LogP contribution is 2.19. The summed E-state index contributed by atoms with van der Waals surface area (Å²) < 4.78 is 8.09. The predicted molar refractivity (Wildman–Crippen MR) is 137 cm³/mol. The molecule has 0 saturated carbocycles. The number of amides is 2. The van der Waals surface area contributed by atoms with Gasteiger partial charge in [0, 0.05) is 13.0 Å². The summed E-state index contributed by atoms with van der Waals surface area (Å²) >= 11 is 0. The van der Waals surface area contributed by atoms with Gasteiger partial charge in [-0.3, -0.25) is 4.79 Å². The first-order valence-electron chi connectivity index (χ1n) is 13.0. The summed E-state index contributed by atoms with van der Waals surface area (Å²) in [6.07, 6.45) is 0.576. The highest BCUT2D eigenvalue weighted by atomic mass is 16.5. The Bertz CT molecular complexity index is 924. The maximum Gasteiger partial charge on any atom is 0.361 e. The lowest BCUT2D eigenvalue weighted by Gasteiger charge is -2.44. The van der Waals surface area contributed by atoms with E-state index < -0.39 is 77.0 Å². The minimum Gasteiger partial charge on any atom is -0.477 e. The van der Waals surface area contributed by atoms with Gasteiger partial charge in [0.2, 0.25) is 26.2 Å². The Hall–Kier alpha value is -3.51. The fourth-order valence-corrected chi connectivity index (χ4v) is 4.33. The first-order valence-corrected chi connectivity index (χ1v) is 13.0. The van der Waals surface area contributed by atoms with Crippen LogP contribution in [0.4, 0.5) is 0 Å². The van der Waals surface area contributed by atoms with E-state index in [2.05, 4.69) is 0 Å². The number of carboxylic acids is 4. The number of carbonyl (C=O) groups is 7. The molecule has 0 unspecified atom stereocenters. The molecule has 0 spiro atoms. The van der Waals surface area contributed by atoms with Crippen LogP contribution in [0.3, 0.4) is 0 Å². The molecule has 0 aromatic rings. The third-order valence-corrected chi connectivity index (χ3v) is 6.22. The van der Waals surface area contributed by atoms with Gasteiger partial charge in [-0.05, 0) is 13.3 Å². The van der Waals surface area contributed by atoms with Crippen molar-refractivity contribution in [2.24, 2.45) is 0 Å². The molecule has 0 bridgehead atoms. The Kier molecular flexibility index (Phi) is 16.5. The molecular formula is C24H42N4O13+2. The van der Waals surface area contributed by atoms with Crippen molar-refractivity contribution >= 4 is 41.7 Å². The van der Waals surface area contributed by atoms with Crippen molar-refractivity contribution in [2.45, 2.75) is 40.5 Å².